The summed E-state index contributed by atoms with van der Waals surface area (Å²) in [7, 11) is 1.67. The zero-order chi connectivity index (χ0) is 28.4. The molecule has 0 unspecified atom stereocenters. The van der Waals surface area contributed by atoms with E-state index < -0.39 is 83.1 Å². The first-order valence-electron chi connectivity index (χ1n) is 12.9. The van der Waals surface area contributed by atoms with Crippen LogP contribution in [0.3, 0.4) is 0 Å². The summed E-state index contributed by atoms with van der Waals surface area (Å²) >= 11 is 0. The first kappa shape index (κ1) is 28.7. The Kier molecular flexibility index (Phi) is 7.09. The van der Waals surface area contributed by atoms with Gasteiger partial charge >= 0.3 is 5.97 Å². The topological polar surface area (TPSA) is 157 Å². The highest BCUT2D eigenvalue weighted by Crippen LogP contribution is 2.64. The van der Waals surface area contributed by atoms with E-state index in [0.717, 1.165) is 0 Å². The maximum absolute atomic E-state index is 13.4. The van der Waals surface area contributed by atoms with Gasteiger partial charge in [0.1, 0.15) is 37.4 Å². The van der Waals surface area contributed by atoms with Crippen molar-refractivity contribution in [1.82, 2.24) is 0 Å². The molecule has 4 rings (SSSR count). The van der Waals surface area contributed by atoms with Gasteiger partial charge in [-0.3, -0.25) is 4.79 Å². The lowest BCUT2D eigenvalue weighted by Crippen LogP contribution is -2.70. The standard InChI is InChI=1S/C28H37BO9/c1-6-15(4)20(31)26(35)12-25(34)16(5)19(29)28(36,14(2)3)22(37-23(32)17-10-8-7-9-11-17)18(25)21-27(13-30,38-21)24(26)33/h6-11,16,18-19,21-22,24,30,33-36H,2,12-13,29H2,1,3-5H3/b15-6-/t16-,18+,19-,21+,22-,24+,25-,26-,27+,28+/m1/s1. The SMILES string of the molecule is B[C@@H]1[C@@H](C)[C@]2(O)C[C@@](O)(C(=O)/C(C)=C\C)[C@H](O)[C@@]3(CO)O[C@H]3[C@H]2[C@@H](OC(=O)c2ccccc2)[C@]1(O)C(=C)C. The summed E-state index contributed by atoms with van der Waals surface area (Å²) in [5.74, 6) is -4.39. The van der Waals surface area contributed by atoms with Gasteiger partial charge in [0.25, 0.3) is 0 Å². The number of aliphatic hydroxyl groups excluding tert-OH is 2. The molecule has 0 spiro atoms. The molecule has 206 valence electrons. The Morgan fingerprint density at radius 1 is 1.21 bits per heavy atom. The van der Waals surface area contributed by atoms with E-state index in [-0.39, 0.29) is 16.7 Å². The van der Waals surface area contributed by atoms with E-state index in [1.807, 2.05) is 0 Å². The van der Waals surface area contributed by atoms with Gasteiger partial charge in [0.2, 0.25) is 0 Å². The van der Waals surface area contributed by atoms with Gasteiger partial charge in [-0.25, -0.2) is 4.79 Å². The van der Waals surface area contributed by atoms with Gasteiger partial charge in [-0.15, -0.1) is 0 Å². The Hall–Kier alpha value is -2.34. The second-order valence-corrected chi connectivity index (χ2v) is 11.3. The number of carbonyl (C=O) groups excluding carboxylic acids is 2. The normalized spacial score (nSPS) is 44.3. The van der Waals surface area contributed by atoms with Gasteiger partial charge < -0.3 is 35.0 Å². The van der Waals surface area contributed by atoms with Crippen LogP contribution in [0.5, 0.6) is 0 Å². The Labute approximate surface area is 223 Å². The van der Waals surface area contributed by atoms with Crippen molar-refractivity contribution >= 4 is 19.6 Å². The molecule has 5 N–H and O–H groups in total. The highest BCUT2D eigenvalue weighted by Gasteiger charge is 2.81. The van der Waals surface area contributed by atoms with E-state index in [9.17, 15) is 35.1 Å². The lowest BCUT2D eigenvalue weighted by molar-refractivity contribution is -0.230. The smallest absolute Gasteiger partial charge is 0.338 e. The second kappa shape index (κ2) is 9.40. The number of hydrogen-bond donors (Lipinski definition) is 5. The van der Waals surface area contributed by atoms with Gasteiger partial charge in [0.15, 0.2) is 11.4 Å². The van der Waals surface area contributed by atoms with Crippen LogP contribution in [0.4, 0.5) is 0 Å². The molecule has 2 aliphatic carbocycles. The van der Waals surface area contributed by atoms with Crippen LogP contribution in [0.1, 0.15) is 44.5 Å². The van der Waals surface area contributed by atoms with E-state index in [0.29, 0.717) is 0 Å². The number of hydrogen-bond acceptors (Lipinski definition) is 9. The molecule has 10 atom stereocenters. The number of epoxide rings is 1. The quantitative estimate of drug-likeness (QED) is 0.114. The van der Waals surface area contributed by atoms with Crippen LogP contribution in [0, 0.1) is 11.8 Å². The molecule has 0 amide bonds. The summed E-state index contributed by atoms with van der Waals surface area (Å²) in [6, 6.07) is 8.13. The molecule has 0 bridgehead atoms. The Morgan fingerprint density at radius 3 is 2.34 bits per heavy atom. The Balaban J connectivity index is 1.92. The van der Waals surface area contributed by atoms with Crippen molar-refractivity contribution in [3.63, 3.8) is 0 Å². The minimum absolute atomic E-state index is 0.154. The Bertz CT molecular complexity index is 1170. The molecule has 3 aliphatic rings. The zero-order valence-electron chi connectivity index (χ0n) is 22.4. The van der Waals surface area contributed by atoms with Crippen molar-refractivity contribution in [2.24, 2.45) is 11.8 Å². The number of aliphatic hydroxyl groups is 5. The molecule has 1 heterocycles. The average Bonchev–Trinajstić information content (AvgIpc) is 3.64. The molecule has 10 heteroatoms. The van der Waals surface area contributed by atoms with Crippen LogP contribution in [0.2, 0.25) is 5.82 Å². The van der Waals surface area contributed by atoms with Crippen LogP contribution >= 0.6 is 0 Å². The molecule has 1 aromatic carbocycles. The monoisotopic (exact) mass is 528 g/mol. The number of benzene rings is 1. The fourth-order valence-electron chi connectivity index (χ4n) is 6.79. The molecule has 0 aromatic heterocycles. The first-order chi connectivity index (χ1) is 17.7. The minimum Gasteiger partial charge on any atom is -0.455 e. The van der Waals surface area contributed by atoms with Crippen LogP contribution in [-0.4, -0.2) is 92.5 Å². The first-order valence-corrected chi connectivity index (χ1v) is 12.9. The number of rotatable bonds is 6. The minimum atomic E-state index is -2.53. The highest BCUT2D eigenvalue weighted by atomic mass is 16.6. The van der Waals surface area contributed by atoms with E-state index in [2.05, 4.69) is 6.58 Å². The molecule has 1 saturated heterocycles. The van der Waals surface area contributed by atoms with E-state index in [1.165, 1.54) is 13.0 Å². The van der Waals surface area contributed by atoms with Crippen LogP contribution in [-0.2, 0) is 14.3 Å². The molecule has 0 radical (unpaired) electrons. The van der Waals surface area contributed by atoms with Gasteiger partial charge in [0, 0.05) is 6.42 Å². The van der Waals surface area contributed by atoms with Crippen LogP contribution in [0.15, 0.2) is 54.1 Å². The predicted octanol–water partition coefficient (Wildman–Crippen LogP) is 0.0987. The van der Waals surface area contributed by atoms with Crippen molar-refractivity contribution in [2.75, 3.05) is 6.61 Å². The third-order valence-corrected chi connectivity index (χ3v) is 9.49. The number of carbonyl (C=O) groups is 2. The van der Waals surface area contributed by atoms with Crippen LogP contribution < -0.4 is 0 Å². The van der Waals surface area contributed by atoms with Gasteiger partial charge in [0.05, 0.1) is 23.7 Å². The lowest BCUT2D eigenvalue weighted by Gasteiger charge is -2.58. The summed E-state index contributed by atoms with van der Waals surface area (Å²) in [6.07, 6.45) is -3.67. The van der Waals surface area contributed by atoms with Crippen molar-refractivity contribution in [3.8, 4) is 0 Å². The summed E-state index contributed by atoms with van der Waals surface area (Å²) in [5, 5.41) is 58.1. The van der Waals surface area contributed by atoms with Crippen molar-refractivity contribution < 1.29 is 44.6 Å². The zero-order valence-corrected chi connectivity index (χ0v) is 22.4. The fourth-order valence-corrected chi connectivity index (χ4v) is 6.79. The number of fused-ring (bicyclic) bond motifs is 3. The average molecular weight is 528 g/mol. The third-order valence-electron chi connectivity index (χ3n) is 9.49. The molecule has 38 heavy (non-hydrogen) atoms. The molecule has 1 aromatic rings. The van der Waals surface area contributed by atoms with Gasteiger partial charge in [-0.2, -0.15) is 0 Å². The summed E-state index contributed by atoms with van der Waals surface area (Å²) in [4.78, 5) is 26.7. The van der Waals surface area contributed by atoms with Gasteiger partial charge in [-0.05, 0) is 55.8 Å². The molecule has 1 aliphatic heterocycles. The third kappa shape index (κ3) is 3.77. The fraction of sp³-hybridized carbons (Fsp3) is 0.571. The van der Waals surface area contributed by atoms with Crippen LogP contribution in [0.25, 0.3) is 0 Å². The number of ether oxygens (including phenoxy) is 2. The van der Waals surface area contributed by atoms with Gasteiger partial charge in [-0.1, -0.05) is 37.8 Å². The summed E-state index contributed by atoms with van der Waals surface area (Å²) < 4.78 is 11.8. The second-order valence-electron chi connectivity index (χ2n) is 11.3. The van der Waals surface area contributed by atoms with Crippen molar-refractivity contribution in [2.45, 2.75) is 80.6 Å². The maximum Gasteiger partial charge on any atom is 0.338 e. The lowest BCUT2D eigenvalue weighted by atomic mass is 9.47. The van der Waals surface area contributed by atoms with Crippen molar-refractivity contribution in [1.29, 1.82) is 0 Å². The molecular weight excluding hydrogens is 491 g/mol. The van der Waals surface area contributed by atoms with E-state index in [1.54, 1.807) is 58.9 Å². The van der Waals surface area contributed by atoms with E-state index >= 15 is 0 Å². The predicted molar refractivity (Wildman–Crippen MR) is 140 cm³/mol. The number of allylic oxidation sites excluding steroid dienone is 1. The summed E-state index contributed by atoms with van der Waals surface area (Å²) in [5.41, 5.74) is -7.54. The molecule has 3 fully saturated rings. The largest absolute Gasteiger partial charge is 0.455 e. The summed E-state index contributed by atoms with van der Waals surface area (Å²) in [6.45, 7) is 9.50. The maximum atomic E-state index is 13.4. The number of ketones is 1. The van der Waals surface area contributed by atoms with E-state index in [4.69, 9.17) is 9.47 Å². The highest BCUT2D eigenvalue weighted by molar-refractivity contribution is 6.13. The molecular formula is C28H37BO9. The number of Topliss-reactive ketones (excluding diaryl/α,β-unsaturated/α-hetero) is 1. The van der Waals surface area contributed by atoms with Crippen molar-refractivity contribution in [3.05, 3.63) is 59.7 Å². The Morgan fingerprint density at radius 2 is 1.82 bits per heavy atom. The number of esters is 1. The molecule has 9 nitrogen and oxygen atoms in total. The molecule has 2 saturated carbocycles.